The molecule has 0 saturated carbocycles. The summed E-state index contributed by atoms with van der Waals surface area (Å²) >= 11 is 0. The molecule has 2 nitrogen and oxygen atoms in total. The Morgan fingerprint density at radius 2 is 1.58 bits per heavy atom. The molecule has 0 bridgehead atoms. The highest BCUT2D eigenvalue weighted by Gasteiger charge is 2.27. The van der Waals surface area contributed by atoms with Crippen molar-refractivity contribution in [2.24, 2.45) is 5.41 Å². The van der Waals surface area contributed by atoms with E-state index in [9.17, 15) is 4.79 Å². The van der Waals surface area contributed by atoms with Crippen LogP contribution in [0.3, 0.4) is 0 Å². The van der Waals surface area contributed by atoms with Crippen LogP contribution in [0.4, 0.5) is 0 Å². The molecule has 0 rings (SSSR count). The number of esters is 1. The average molecular weight is 172 g/mol. The third kappa shape index (κ3) is 6.20. The molecular weight excluding hydrogens is 152 g/mol. The van der Waals surface area contributed by atoms with E-state index in [1.54, 1.807) is 0 Å². The molecule has 0 aromatic heterocycles. The van der Waals surface area contributed by atoms with Crippen molar-refractivity contribution < 1.29 is 9.53 Å². The van der Waals surface area contributed by atoms with Gasteiger partial charge in [-0.2, -0.15) is 0 Å². The molecule has 0 atom stereocenters. The van der Waals surface area contributed by atoms with E-state index < -0.39 is 0 Å². The fraction of sp³-hybridized carbons (Fsp3) is 0.900. The van der Waals surface area contributed by atoms with Crippen molar-refractivity contribution >= 4 is 5.97 Å². The normalized spacial score (nSPS) is 12.8. The van der Waals surface area contributed by atoms with Gasteiger partial charge in [0.15, 0.2) is 0 Å². The molecule has 0 fully saturated rings. The first kappa shape index (κ1) is 11.5. The lowest BCUT2D eigenvalue weighted by atomic mass is 9.84. The van der Waals surface area contributed by atoms with Crippen molar-refractivity contribution in [3.8, 4) is 0 Å². The standard InChI is InChI=1S/C10H20O2/c1-8(11)12-10(5,6)7-9(2,3)4/h7H2,1-6H3. The van der Waals surface area contributed by atoms with Gasteiger partial charge in [-0.15, -0.1) is 0 Å². The van der Waals surface area contributed by atoms with Gasteiger partial charge in [-0.25, -0.2) is 0 Å². The van der Waals surface area contributed by atoms with E-state index in [0.717, 1.165) is 6.42 Å². The van der Waals surface area contributed by atoms with Crippen molar-refractivity contribution in [1.29, 1.82) is 0 Å². The molecule has 0 aromatic carbocycles. The lowest BCUT2D eigenvalue weighted by Crippen LogP contribution is -2.31. The third-order valence-electron chi connectivity index (χ3n) is 1.38. The van der Waals surface area contributed by atoms with Crippen molar-refractivity contribution in [2.45, 2.75) is 53.6 Å². The minimum Gasteiger partial charge on any atom is -0.460 e. The summed E-state index contributed by atoms with van der Waals surface area (Å²) in [5.74, 6) is -0.204. The first-order chi connectivity index (χ1) is 5.12. The topological polar surface area (TPSA) is 26.3 Å². The van der Waals surface area contributed by atoms with Gasteiger partial charge < -0.3 is 4.74 Å². The van der Waals surface area contributed by atoms with E-state index in [4.69, 9.17) is 4.74 Å². The first-order valence-corrected chi connectivity index (χ1v) is 4.32. The number of ether oxygens (including phenoxy) is 1. The van der Waals surface area contributed by atoms with Crippen LogP contribution in [0.15, 0.2) is 0 Å². The molecular formula is C10H20O2. The Morgan fingerprint density at radius 1 is 1.17 bits per heavy atom. The Hall–Kier alpha value is -0.530. The Morgan fingerprint density at radius 3 is 1.83 bits per heavy atom. The van der Waals surface area contributed by atoms with Crippen LogP contribution in [0.5, 0.6) is 0 Å². The second-order valence-electron chi connectivity index (χ2n) is 5.09. The van der Waals surface area contributed by atoms with E-state index in [0.29, 0.717) is 0 Å². The summed E-state index contributed by atoms with van der Waals surface area (Å²) < 4.78 is 5.17. The molecule has 0 aliphatic heterocycles. The maximum atomic E-state index is 10.7. The molecule has 0 aliphatic carbocycles. The van der Waals surface area contributed by atoms with E-state index in [1.807, 2.05) is 13.8 Å². The minimum absolute atomic E-state index is 0.193. The lowest BCUT2D eigenvalue weighted by Gasteiger charge is -2.31. The van der Waals surface area contributed by atoms with Crippen LogP contribution < -0.4 is 0 Å². The monoisotopic (exact) mass is 172 g/mol. The zero-order chi connectivity index (χ0) is 9.99. The van der Waals surface area contributed by atoms with Gasteiger partial charge >= 0.3 is 5.97 Å². The summed E-state index contributed by atoms with van der Waals surface area (Å²) in [5, 5.41) is 0. The molecule has 0 aromatic rings. The van der Waals surface area contributed by atoms with Crippen LogP contribution >= 0.6 is 0 Å². The number of carbonyl (C=O) groups is 1. The largest absolute Gasteiger partial charge is 0.460 e. The Labute approximate surface area is 75.3 Å². The summed E-state index contributed by atoms with van der Waals surface area (Å²) in [5.41, 5.74) is -0.150. The Bertz CT molecular complexity index is 163. The maximum absolute atomic E-state index is 10.7. The highest BCUT2D eigenvalue weighted by atomic mass is 16.6. The van der Waals surface area contributed by atoms with Gasteiger partial charge in [0.25, 0.3) is 0 Å². The molecule has 0 unspecified atom stereocenters. The highest BCUT2D eigenvalue weighted by molar-refractivity contribution is 5.66. The molecule has 0 amide bonds. The van der Waals surface area contributed by atoms with Gasteiger partial charge in [0.2, 0.25) is 0 Å². The van der Waals surface area contributed by atoms with E-state index in [2.05, 4.69) is 20.8 Å². The quantitative estimate of drug-likeness (QED) is 0.599. The van der Waals surface area contributed by atoms with Crippen LogP contribution in [0.1, 0.15) is 48.0 Å². The third-order valence-corrected chi connectivity index (χ3v) is 1.38. The second-order valence-corrected chi connectivity index (χ2v) is 5.09. The fourth-order valence-electron chi connectivity index (χ4n) is 1.70. The average Bonchev–Trinajstić information content (AvgIpc) is 1.48. The highest BCUT2D eigenvalue weighted by Crippen LogP contribution is 2.29. The number of carbonyl (C=O) groups excluding carboxylic acids is 1. The second kappa shape index (κ2) is 3.46. The van der Waals surface area contributed by atoms with Crippen LogP contribution in [0.25, 0.3) is 0 Å². The number of rotatable bonds is 2. The fourth-order valence-corrected chi connectivity index (χ4v) is 1.70. The van der Waals surface area contributed by atoms with E-state index in [-0.39, 0.29) is 17.0 Å². The molecule has 12 heavy (non-hydrogen) atoms. The van der Waals surface area contributed by atoms with Crippen molar-refractivity contribution in [2.75, 3.05) is 0 Å². The van der Waals surface area contributed by atoms with Crippen molar-refractivity contribution in [3.63, 3.8) is 0 Å². The zero-order valence-electron chi connectivity index (χ0n) is 9.02. The first-order valence-electron chi connectivity index (χ1n) is 4.32. The predicted molar refractivity (Wildman–Crippen MR) is 49.9 cm³/mol. The lowest BCUT2D eigenvalue weighted by molar-refractivity contribution is -0.155. The predicted octanol–water partition coefficient (Wildman–Crippen LogP) is 2.76. The molecule has 0 spiro atoms. The molecule has 72 valence electrons. The maximum Gasteiger partial charge on any atom is 0.303 e. The van der Waals surface area contributed by atoms with Gasteiger partial charge in [0.05, 0.1) is 0 Å². The van der Waals surface area contributed by atoms with Crippen LogP contribution in [0, 0.1) is 5.41 Å². The molecule has 2 heteroatoms. The van der Waals surface area contributed by atoms with Crippen LogP contribution in [-0.4, -0.2) is 11.6 Å². The van der Waals surface area contributed by atoms with Gasteiger partial charge in [-0.1, -0.05) is 20.8 Å². The molecule has 0 radical (unpaired) electrons. The summed E-state index contributed by atoms with van der Waals surface area (Å²) in [6, 6.07) is 0. The number of hydrogen-bond donors (Lipinski definition) is 0. The summed E-state index contributed by atoms with van der Waals surface area (Å²) in [4.78, 5) is 10.7. The smallest absolute Gasteiger partial charge is 0.303 e. The van der Waals surface area contributed by atoms with Gasteiger partial charge in [0, 0.05) is 6.92 Å². The SMILES string of the molecule is CC(=O)OC(C)(C)CC(C)(C)C. The Balaban J connectivity index is 4.13. The van der Waals surface area contributed by atoms with E-state index in [1.165, 1.54) is 6.92 Å². The molecule has 0 N–H and O–H groups in total. The minimum atomic E-state index is -0.343. The molecule has 0 heterocycles. The summed E-state index contributed by atoms with van der Waals surface area (Å²) in [7, 11) is 0. The summed E-state index contributed by atoms with van der Waals surface area (Å²) in [6.07, 6.45) is 0.875. The Kier molecular flexibility index (Phi) is 3.31. The van der Waals surface area contributed by atoms with E-state index >= 15 is 0 Å². The van der Waals surface area contributed by atoms with Gasteiger partial charge in [-0.3, -0.25) is 4.79 Å². The number of hydrogen-bond acceptors (Lipinski definition) is 2. The summed E-state index contributed by atoms with van der Waals surface area (Å²) in [6.45, 7) is 11.7. The van der Waals surface area contributed by atoms with Gasteiger partial charge in [0.1, 0.15) is 5.60 Å². The molecule has 0 aliphatic rings. The van der Waals surface area contributed by atoms with Crippen LogP contribution in [-0.2, 0) is 9.53 Å². The van der Waals surface area contributed by atoms with Crippen molar-refractivity contribution in [3.05, 3.63) is 0 Å². The zero-order valence-corrected chi connectivity index (χ0v) is 9.02. The van der Waals surface area contributed by atoms with Crippen molar-refractivity contribution in [1.82, 2.24) is 0 Å². The molecule has 0 saturated heterocycles. The van der Waals surface area contributed by atoms with Crippen LogP contribution in [0.2, 0.25) is 0 Å². The van der Waals surface area contributed by atoms with Gasteiger partial charge in [-0.05, 0) is 25.7 Å².